The zero-order chi connectivity index (χ0) is 19.7. The van der Waals surface area contributed by atoms with E-state index >= 15 is 0 Å². The molecule has 0 saturated carbocycles. The molecule has 0 bridgehead atoms. The molecule has 1 N–H and O–H groups in total. The molecule has 28 heavy (non-hydrogen) atoms. The third-order valence-electron chi connectivity index (χ3n) is 3.87. The fourth-order valence-corrected chi connectivity index (χ4v) is 4.66. The lowest BCUT2D eigenvalue weighted by molar-refractivity contribution is 0.103. The van der Waals surface area contributed by atoms with Crippen LogP contribution in [-0.4, -0.2) is 12.7 Å². The molecule has 0 aliphatic carbocycles. The molecule has 0 atom stereocenters. The molecule has 1 aromatic heterocycles. The first-order chi connectivity index (χ1) is 13.5. The fraction of sp³-hybridized carbons (Fsp3) is 0.105. The van der Waals surface area contributed by atoms with Crippen LogP contribution >= 0.6 is 43.2 Å². The maximum absolute atomic E-state index is 13.4. The average Bonchev–Trinajstić information content (AvgIpc) is 3.31. The Bertz CT molecular complexity index is 1030. The molecule has 0 fully saturated rings. The highest BCUT2D eigenvalue weighted by Crippen LogP contribution is 2.35. The van der Waals surface area contributed by atoms with E-state index < -0.39 is 5.82 Å². The number of hydrogen-bond acceptors (Lipinski definition) is 5. The zero-order valence-electron chi connectivity index (χ0n) is 14.1. The van der Waals surface area contributed by atoms with Crippen molar-refractivity contribution in [1.29, 1.82) is 0 Å². The van der Waals surface area contributed by atoms with Gasteiger partial charge >= 0.3 is 0 Å². The lowest BCUT2D eigenvalue weighted by Gasteiger charge is -2.09. The number of hydrogen-bond donors (Lipinski definition) is 1. The van der Waals surface area contributed by atoms with Crippen molar-refractivity contribution in [2.45, 2.75) is 6.61 Å². The number of nitrogens with one attached hydrogen (secondary N) is 1. The molecule has 0 unspecified atom stereocenters. The van der Waals surface area contributed by atoms with E-state index in [9.17, 15) is 9.18 Å². The predicted octanol–water partition coefficient (Wildman–Crippen LogP) is 5.97. The smallest absolute Gasteiger partial charge is 0.265 e. The summed E-state index contributed by atoms with van der Waals surface area (Å²) < 4.78 is 30.6. The van der Waals surface area contributed by atoms with Crippen LogP contribution in [-0.2, 0) is 6.61 Å². The zero-order valence-corrected chi connectivity index (χ0v) is 18.1. The van der Waals surface area contributed by atoms with E-state index in [4.69, 9.17) is 14.2 Å². The first-order valence-electron chi connectivity index (χ1n) is 8.05. The van der Waals surface area contributed by atoms with Gasteiger partial charge in [-0.3, -0.25) is 4.79 Å². The summed E-state index contributed by atoms with van der Waals surface area (Å²) in [5.74, 6) is 1.31. The van der Waals surface area contributed by atoms with Crippen molar-refractivity contribution >= 4 is 54.8 Å². The molecule has 0 saturated heterocycles. The normalized spacial score (nSPS) is 12.1. The van der Waals surface area contributed by atoms with Gasteiger partial charge in [-0.1, -0.05) is 0 Å². The molecular formula is C19H12Br2FNO4S. The van der Waals surface area contributed by atoms with Gasteiger partial charge in [-0.05, 0) is 67.6 Å². The Morgan fingerprint density at radius 1 is 1.14 bits per heavy atom. The van der Waals surface area contributed by atoms with Crippen LogP contribution in [0.3, 0.4) is 0 Å². The highest BCUT2D eigenvalue weighted by molar-refractivity contribution is 9.11. The van der Waals surface area contributed by atoms with Crippen molar-refractivity contribution in [3.63, 3.8) is 0 Å². The number of carbonyl (C=O) groups is 1. The van der Waals surface area contributed by atoms with Gasteiger partial charge in [0.2, 0.25) is 6.79 Å². The monoisotopic (exact) mass is 527 g/mol. The summed E-state index contributed by atoms with van der Waals surface area (Å²) in [4.78, 5) is 13.0. The predicted molar refractivity (Wildman–Crippen MR) is 111 cm³/mol. The molecule has 2 heterocycles. The molecule has 1 aliphatic rings. The van der Waals surface area contributed by atoms with E-state index in [-0.39, 0.29) is 12.7 Å². The summed E-state index contributed by atoms with van der Waals surface area (Å²) >= 11 is 7.82. The number of ether oxygens (including phenoxy) is 3. The molecule has 144 valence electrons. The molecule has 0 radical (unpaired) electrons. The molecule has 2 aromatic carbocycles. The van der Waals surface area contributed by atoms with Crippen LogP contribution in [0.15, 0.2) is 50.7 Å². The maximum atomic E-state index is 13.4. The quantitative estimate of drug-likeness (QED) is 0.443. The van der Waals surface area contributed by atoms with Crippen LogP contribution in [0.1, 0.15) is 15.2 Å². The van der Waals surface area contributed by atoms with Gasteiger partial charge in [-0.15, -0.1) is 11.3 Å². The maximum Gasteiger partial charge on any atom is 0.265 e. The molecule has 5 nitrogen and oxygen atoms in total. The lowest BCUT2D eigenvalue weighted by Crippen LogP contribution is -2.11. The Morgan fingerprint density at radius 2 is 1.89 bits per heavy atom. The molecule has 1 amide bonds. The number of rotatable bonds is 5. The Labute approximate surface area is 180 Å². The Balaban J connectivity index is 1.41. The van der Waals surface area contributed by atoms with Gasteiger partial charge < -0.3 is 19.5 Å². The number of halogens is 3. The van der Waals surface area contributed by atoms with E-state index in [1.54, 1.807) is 24.3 Å². The summed E-state index contributed by atoms with van der Waals surface area (Å²) in [6.07, 6.45) is 0. The van der Waals surface area contributed by atoms with Crippen molar-refractivity contribution in [2.24, 2.45) is 0 Å². The van der Waals surface area contributed by atoms with Crippen LogP contribution in [0.25, 0.3) is 0 Å². The van der Waals surface area contributed by atoms with Gasteiger partial charge in [0.1, 0.15) is 18.2 Å². The summed E-state index contributed by atoms with van der Waals surface area (Å²) in [5.41, 5.74) is 1.34. The molecule has 9 heteroatoms. The third kappa shape index (κ3) is 4.16. The number of benzene rings is 2. The second-order valence-electron chi connectivity index (χ2n) is 5.82. The van der Waals surface area contributed by atoms with E-state index in [1.807, 2.05) is 5.38 Å². The molecule has 3 aromatic rings. The van der Waals surface area contributed by atoms with Crippen LogP contribution in [0.2, 0.25) is 0 Å². The lowest BCUT2D eigenvalue weighted by atomic mass is 10.2. The number of fused-ring (bicyclic) bond motifs is 1. The highest BCUT2D eigenvalue weighted by atomic mass is 79.9. The van der Waals surface area contributed by atoms with Crippen molar-refractivity contribution in [2.75, 3.05) is 12.1 Å². The minimum absolute atomic E-state index is 0.210. The van der Waals surface area contributed by atoms with E-state index in [2.05, 4.69) is 37.2 Å². The minimum Gasteiger partial charge on any atom is -0.489 e. The highest BCUT2D eigenvalue weighted by Gasteiger charge is 2.16. The second kappa shape index (κ2) is 8.10. The van der Waals surface area contributed by atoms with Gasteiger partial charge in [-0.25, -0.2) is 4.39 Å². The van der Waals surface area contributed by atoms with E-state index in [1.165, 1.54) is 23.5 Å². The summed E-state index contributed by atoms with van der Waals surface area (Å²) in [6, 6.07) is 9.71. The minimum atomic E-state index is -0.407. The van der Waals surface area contributed by atoms with Crippen molar-refractivity contribution < 1.29 is 23.4 Å². The number of thiophene rings is 1. The van der Waals surface area contributed by atoms with Crippen LogP contribution in [0, 0.1) is 5.82 Å². The molecule has 1 aliphatic heterocycles. The third-order valence-corrected chi connectivity index (χ3v) is 6.10. The molecular weight excluding hydrogens is 517 g/mol. The Kier molecular flexibility index (Phi) is 5.56. The van der Waals surface area contributed by atoms with E-state index in [0.717, 1.165) is 5.56 Å². The Morgan fingerprint density at radius 3 is 2.68 bits per heavy atom. The number of carbonyl (C=O) groups excluding carboxylic acids is 1. The van der Waals surface area contributed by atoms with Gasteiger partial charge in [0.25, 0.3) is 5.91 Å². The van der Waals surface area contributed by atoms with Gasteiger partial charge in [-0.2, -0.15) is 0 Å². The van der Waals surface area contributed by atoms with Crippen molar-refractivity contribution in [3.05, 3.63) is 67.0 Å². The fourth-order valence-electron chi connectivity index (χ4n) is 2.54. The van der Waals surface area contributed by atoms with E-state index in [0.29, 0.717) is 43.4 Å². The van der Waals surface area contributed by atoms with Gasteiger partial charge in [0, 0.05) is 20.6 Å². The Hall–Kier alpha value is -2.10. The van der Waals surface area contributed by atoms with Crippen LogP contribution in [0.4, 0.5) is 10.1 Å². The second-order valence-corrected chi connectivity index (χ2v) is 8.44. The van der Waals surface area contributed by atoms with Crippen LogP contribution in [0.5, 0.6) is 17.2 Å². The first-order valence-corrected chi connectivity index (χ1v) is 10.5. The summed E-state index contributed by atoms with van der Waals surface area (Å²) in [6.45, 7) is 0.523. The summed E-state index contributed by atoms with van der Waals surface area (Å²) in [5, 5.41) is 4.63. The van der Waals surface area contributed by atoms with Gasteiger partial charge in [0.05, 0.1) is 10.6 Å². The van der Waals surface area contributed by atoms with Crippen LogP contribution < -0.4 is 19.5 Å². The van der Waals surface area contributed by atoms with Crippen molar-refractivity contribution in [1.82, 2.24) is 0 Å². The SMILES string of the molecule is O=C(Nc1c(Br)cc(F)cc1Br)c1cc(COc2ccc3c(c2)OCO3)cs1. The standard InChI is InChI=1S/C19H12Br2FNO4S/c20-13-4-11(22)5-14(21)18(13)23-19(24)17-3-10(8-28-17)7-25-12-1-2-15-16(6-12)27-9-26-15/h1-6,8H,7,9H2,(H,23,24). The molecule has 4 rings (SSSR count). The molecule has 0 spiro atoms. The average molecular weight is 529 g/mol. The number of amides is 1. The topological polar surface area (TPSA) is 56.8 Å². The summed E-state index contributed by atoms with van der Waals surface area (Å²) in [7, 11) is 0. The van der Waals surface area contributed by atoms with Gasteiger partial charge in [0.15, 0.2) is 11.5 Å². The van der Waals surface area contributed by atoms with Crippen molar-refractivity contribution in [3.8, 4) is 17.2 Å². The first kappa shape index (κ1) is 19.2. The number of anilines is 1. The largest absolute Gasteiger partial charge is 0.489 e.